The Labute approximate surface area is 94.4 Å². The predicted octanol–water partition coefficient (Wildman–Crippen LogP) is 3.09. The minimum absolute atomic E-state index is 0.0854. The third-order valence-electron chi connectivity index (χ3n) is 2.97. The Hall–Kier alpha value is -0.790. The van der Waals surface area contributed by atoms with Gasteiger partial charge in [0.25, 0.3) is 0 Å². The molecule has 0 aromatic heterocycles. The van der Waals surface area contributed by atoms with E-state index in [4.69, 9.17) is 0 Å². The van der Waals surface area contributed by atoms with E-state index in [0.29, 0.717) is 0 Å². The molecule has 1 heterocycles. The van der Waals surface area contributed by atoms with Crippen LogP contribution in [0.3, 0.4) is 0 Å². The molecule has 0 aromatic rings. The van der Waals surface area contributed by atoms with Gasteiger partial charge >= 0.3 is 0 Å². The number of nitrogens with zero attached hydrogens (tertiary/aromatic N) is 1. The fourth-order valence-electron chi connectivity index (χ4n) is 1.92. The van der Waals surface area contributed by atoms with E-state index in [1.807, 2.05) is 18.7 Å². The van der Waals surface area contributed by atoms with Crippen molar-refractivity contribution in [1.82, 2.24) is 4.90 Å². The molecule has 0 radical (unpaired) electrons. The number of likely N-dealkylation sites (tertiary alicyclic amines) is 1. The highest BCUT2D eigenvalue weighted by Gasteiger charge is 2.22. The molecule has 88 valence electrons. The maximum absolute atomic E-state index is 11.3. The van der Waals surface area contributed by atoms with Gasteiger partial charge < -0.3 is 4.90 Å². The molecule has 1 rings (SSSR count). The van der Waals surface area contributed by atoms with Crippen LogP contribution in [0.25, 0.3) is 0 Å². The van der Waals surface area contributed by atoms with E-state index >= 15 is 0 Å². The van der Waals surface area contributed by atoms with Gasteiger partial charge in [0.2, 0.25) is 5.91 Å². The molecule has 0 bridgehead atoms. The quantitative estimate of drug-likeness (QED) is 0.643. The van der Waals surface area contributed by atoms with Crippen LogP contribution in [0.15, 0.2) is 12.7 Å². The van der Waals surface area contributed by atoms with Crippen molar-refractivity contribution >= 4 is 5.91 Å². The Balaban J connectivity index is 0.000000921. The summed E-state index contributed by atoms with van der Waals surface area (Å²) < 4.78 is 0. The Morgan fingerprint density at radius 1 is 1.33 bits per heavy atom. The second kappa shape index (κ2) is 7.49. The summed E-state index contributed by atoms with van der Waals surface area (Å²) in [5.41, 5.74) is 0. The summed E-state index contributed by atoms with van der Waals surface area (Å²) in [5, 5.41) is 0. The number of hydrogen-bond donors (Lipinski definition) is 0. The Kier molecular flexibility index (Phi) is 7.10. The van der Waals surface area contributed by atoms with Crippen molar-refractivity contribution in [2.24, 2.45) is 11.8 Å². The molecular weight excluding hydrogens is 186 g/mol. The van der Waals surface area contributed by atoms with E-state index in [1.165, 1.54) is 6.08 Å². The van der Waals surface area contributed by atoms with Crippen LogP contribution in [0.1, 0.15) is 40.5 Å². The first-order valence-corrected chi connectivity index (χ1v) is 6.06. The minimum atomic E-state index is 0.0854. The molecule has 0 saturated carbocycles. The average Bonchev–Trinajstić information content (AvgIpc) is 2.31. The third kappa shape index (κ3) is 4.50. The second-order valence-electron chi connectivity index (χ2n) is 4.11. The van der Waals surface area contributed by atoms with Gasteiger partial charge in [-0.05, 0) is 30.8 Å². The molecule has 1 amide bonds. The van der Waals surface area contributed by atoms with Crippen molar-refractivity contribution in [2.45, 2.75) is 40.5 Å². The van der Waals surface area contributed by atoms with E-state index in [1.54, 1.807) is 0 Å². The molecule has 15 heavy (non-hydrogen) atoms. The fraction of sp³-hybridized carbons (Fsp3) is 0.769. The maximum Gasteiger partial charge on any atom is 0.245 e. The van der Waals surface area contributed by atoms with Crippen LogP contribution < -0.4 is 0 Å². The van der Waals surface area contributed by atoms with E-state index in [2.05, 4.69) is 20.4 Å². The van der Waals surface area contributed by atoms with Crippen LogP contribution in [-0.2, 0) is 4.79 Å². The van der Waals surface area contributed by atoms with Crippen LogP contribution in [0.2, 0.25) is 0 Å². The van der Waals surface area contributed by atoms with Gasteiger partial charge in [-0.2, -0.15) is 0 Å². The van der Waals surface area contributed by atoms with Gasteiger partial charge in [0.15, 0.2) is 0 Å². The minimum Gasteiger partial charge on any atom is -0.339 e. The van der Waals surface area contributed by atoms with Crippen molar-refractivity contribution in [2.75, 3.05) is 13.1 Å². The number of rotatable bonds is 2. The van der Waals surface area contributed by atoms with Gasteiger partial charge in [0.1, 0.15) is 0 Å². The zero-order valence-electron chi connectivity index (χ0n) is 10.6. The average molecular weight is 211 g/mol. The van der Waals surface area contributed by atoms with Gasteiger partial charge in [-0.1, -0.05) is 34.3 Å². The number of carbonyl (C=O) groups is 1. The number of hydrogen-bond acceptors (Lipinski definition) is 1. The van der Waals surface area contributed by atoms with Gasteiger partial charge in [0.05, 0.1) is 0 Å². The molecule has 0 spiro atoms. The molecular formula is C13H25NO. The van der Waals surface area contributed by atoms with Crippen molar-refractivity contribution < 1.29 is 4.79 Å². The molecule has 0 aliphatic carbocycles. The first-order chi connectivity index (χ1) is 7.15. The van der Waals surface area contributed by atoms with E-state index < -0.39 is 0 Å². The summed E-state index contributed by atoms with van der Waals surface area (Å²) >= 11 is 0. The maximum atomic E-state index is 11.3. The summed E-state index contributed by atoms with van der Waals surface area (Å²) in [6.07, 6.45) is 3.71. The molecule has 1 aliphatic heterocycles. The smallest absolute Gasteiger partial charge is 0.245 e. The molecule has 0 N–H and O–H groups in total. The fourth-order valence-corrected chi connectivity index (χ4v) is 1.92. The molecule has 2 heteroatoms. The Bertz CT molecular complexity index is 191. The summed E-state index contributed by atoms with van der Waals surface area (Å²) in [6.45, 7) is 13.8. The lowest BCUT2D eigenvalue weighted by molar-refractivity contribution is -0.127. The first kappa shape index (κ1) is 14.2. The lowest BCUT2D eigenvalue weighted by Crippen LogP contribution is -2.38. The zero-order valence-corrected chi connectivity index (χ0v) is 10.6. The van der Waals surface area contributed by atoms with Crippen LogP contribution >= 0.6 is 0 Å². The van der Waals surface area contributed by atoms with E-state index in [-0.39, 0.29) is 5.91 Å². The molecule has 1 aliphatic rings. The highest BCUT2D eigenvalue weighted by atomic mass is 16.2. The normalized spacial score (nSPS) is 17.0. The van der Waals surface area contributed by atoms with Crippen LogP contribution in [0.4, 0.5) is 0 Å². The van der Waals surface area contributed by atoms with E-state index in [0.717, 1.165) is 37.8 Å². The Morgan fingerprint density at radius 2 is 1.80 bits per heavy atom. The standard InChI is InChI=1S/C11H19NO.C2H6/c1-4-11(13)12-7-5-10(6-8-12)9(2)3;1-2/h4,9-10H,1,5-8H2,2-3H3;1-2H3. The molecule has 2 nitrogen and oxygen atoms in total. The van der Waals surface area contributed by atoms with Gasteiger partial charge in [-0.15, -0.1) is 0 Å². The lowest BCUT2D eigenvalue weighted by atomic mass is 9.87. The van der Waals surface area contributed by atoms with Crippen LogP contribution in [0, 0.1) is 11.8 Å². The summed E-state index contributed by atoms with van der Waals surface area (Å²) in [4.78, 5) is 13.1. The summed E-state index contributed by atoms with van der Waals surface area (Å²) in [6, 6.07) is 0. The molecule has 1 fully saturated rings. The molecule has 1 saturated heterocycles. The highest BCUT2D eigenvalue weighted by Crippen LogP contribution is 2.24. The van der Waals surface area contributed by atoms with E-state index in [9.17, 15) is 4.79 Å². The third-order valence-corrected chi connectivity index (χ3v) is 2.97. The largest absolute Gasteiger partial charge is 0.339 e. The van der Waals surface area contributed by atoms with Crippen molar-refractivity contribution in [3.8, 4) is 0 Å². The van der Waals surface area contributed by atoms with Gasteiger partial charge in [0, 0.05) is 13.1 Å². The Morgan fingerprint density at radius 3 is 2.13 bits per heavy atom. The second-order valence-corrected chi connectivity index (χ2v) is 4.11. The highest BCUT2D eigenvalue weighted by molar-refractivity contribution is 5.87. The van der Waals surface area contributed by atoms with Crippen LogP contribution in [0.5, 0.6) is 0 Å². The first-order valence-electron chi connectivity index (χ1n) is 6.06. The molecule has 0 atom stereocenters. The zero-order chi connectivity index (χ0) is 11.8. The van der Waals surface area contributed by atoms with Crippen molar-refractivity contribution in [1.29, 1.82) is 0 Å². The number of amides is 1. The van der Waals surface area contributed by atoms with Gasteiger partial charge in [-0.3, -0.25) is 4.79 Å². The lowest BCUT2D eigenvalue weighted by Gasteiger charge is -2.33. The SMILES string of the molecule is C=CC(=O)N1CCC(C(C)C)CC1.CC. The van der Waals surface area contributed by atoms with Crippen molar-refractivity contribution in [3.05, 3.63) is 12.7 Å². The van der Waals surface area contributed by atoms with Gasteiger partial charge in [-0.25, -0.2) is 0 Å². The number of piperidine rings is 1. The summed E-state index contributed by atoms with van der Waals surface area (Å²) in [7, 11) is 0. The monoisotopic (exact) mass is 211 g/mol. The topological polar surface area (TPSA) is 20.3 Å². The predicted molar refractivity (Wildman–Crippen MR) is 65.7 cm³/mol. The van der Waals surface area contributed by atoms with Crippen LogP contribution in [-0.4, -0.2) is 23.9 Å². The van der Waals surface area contributed by atoms with Crippen molar-refractivity contribution in [3.63, 3.8) is 0 Å². The summed E-state index contributed by atoms with van der Waals surface area (Å²) in [5.74, 6) is 1.64. The molecule has 0 aromatic carbocycles. The molecule has 0 unspecified atom stereocenters. The number of carbonyl (C=O) groups excluding carboxylic acids is 1.